The SMILES string of the molecule is CC1(C)CC[C@H](C(=O)N(CCN)Cc2cccc(Cl)c2)CO1. The van der Waals surface area contributed by atoms with Crippen molar-refractivity contribution >= 4 is 17.5 Å². The fourth-order valence-corrected chi connectivity index (χ4v) is 2.95. The summed E-state index contributed by atoms with van der Waals surface area (Å²) in [5.74, 6) is 0.0553. The highest BCUT2D eigenvalue weighted by Gasteiger charge is 2.33. The van der Waals surface area contributed by atoms with E-state index in [1.165, 1.54) is 0 Å². The average Bonchev–Trinajstić information content (AvgIpc) is 2.46. The highest BCUT2D eigenvalue weighted by molar-refractivity contribution is 6.30. The predicted octanol–water partition coefficient (Wildman–Crippen LogP) is 2.83. The minimum atomic E-state index is -0.123. The Hall–Kier alpha value is -1.10. The van der Waals surface area contributed by atoms with Gasteiger partial charge in [-0.05, 0) is 44.4 Å². The number of carbonyl (C=O) groups excluding carboxylic acids is 1. The number of hydrogen-bond donors (Lipinski definition) is 1. The van der Waals surface area contributed by atoms with Gasteiger partial charge in [0, 0.05) is 24.7 Å². The number of amides is 1. The molecule has 2 rings (SSSR count). The molecule has 1 aliphatic rings. The zero-order valence-electron chi connectivity index (χ0n) is 13.3. The van der Waals surface area contributed by atoms with E-state index in [1.54, 1.807) is 0 Å². The van der Waals surface area contributed by atoms with Crippen LogP contribution >= 0.6 is 11.6 Å². The van der Waals surface area contributed by atoms with Crippen molar-refractivity contribution in [2.24, 2.45) is 11.7 Å². The standard InChI is InChI=1S/C17H25ClN2O2/c1-17(2)7-6-14(12-22-17)16(21)20(9-8-19)11-13-4-3-5-15(18)10-13/h3-5,10,14H,6-9,11-12,19H2,1-2H3/t14-/m0/s1. The molecule has 1 atom stereocenters. The van der Waals surface area contributed by atoms with Crippen molar-refractivity contribution in [1.29, 1.82) is 0 Å². The van der Waals surface area contributed by atoms with Crippen LogP contribution in [0.2, 0.25) is 5.02 Å². The molecule has 1 saturated heterocycles. The molecule has 1 aromatic rings. The molecule has 2 N–H and O–H groups in total. The summed E-state index contributed by atoms with van der Waals surface area (Å²) in [7, 11) is 0. The van der Waals surface area contributed by atoms with Crippen molar-refractivity contribution in [3.63, 3.8) is 0 Å². The Morgan fingerprint density at radius 3 is 2.86 bits per heavy atom. The summed E-state index contributed by atoms with van der Waals surface area (Å²) in [5, 5.41) is 0.681. The van der Waals surface area contributed by atoms with Gasteiger partial charge in [-0.2, -0.15) is 0 Å². The molecule has 1 fully saturated rings. The number of carbonyl (C=O) groups is 1. The first kappa shape index (κ1) is 17.3. The van der Waals surface area contributed by atoms with Crippen LogP contribution in [-0.4, -0.2) is 36.1 Å². The molecule has 0 aromatic heterocycles. The van der Waals surface area contributed by atoms with Gasteiger partial charge in [-0.25, -0.2) is 0 Å². The number of benzene rings is 1. The first-order chi connectivity index (χ1) is 10.4. The average molecular weight is 325 g/mol. The Bertz CT molecular complexity index is 509. The van der Waals surface area contributed by atoms with Crippen LogP contribution in [0.1, 0.15) is 32.3 Å². The third kappa shape index (κ3) is 4.70. The minimum absolute atomic E-state index is 0.0706. The van der Waals surface area contributed by atoms with Gasteiger partial charge in [0.05, 0.1) is 18.1 Å². The van der Waals surface area contributed by atoms with E-state index in [4.69, 9.17) is 22.1 Å². The summed E-state index contributed by atoms with van der Waals surface area (Å²) in [4.78, 5) is 14.6. The van der Waals surface area contributed by atoms with Gasteiger partial charge in [-0.3, -0.25) is 4.79 Å². The second-order valence-electron chi connectivity index (χ2n) is 6.48. The monoisotopic (exact) mass is 324 g/mol. The van der Waals surface area contributed by atoms with Crippen molar-refractivity contribution in [2.45, 2.75) is 38.8 Å². The number of halogens is 1. The van der Waals surface area contributed by atoms with E-state index in [9.17, 15) is 4.79 Å². The molecule has 0 radical (unpaired) electrons. The van der Waals surface area contributed by atoms with E-state index in [-0.39, 0.29) is 17.4 Å². The van der Waals surface area contributed by atoms with Gasteiger partial charge >= 0.3 is 0 Å². The molecule has 4 nitrogen and oxygen atoms in total. The number of nitrogens with zero attached hydrogens (tertiary/aromatic N) is 1. The molecule has 0 spiro atoms. The first-order valence-electron chi connectivity index (χ1n) is 7.78. The summed E-state index contributed by atoms with van der Waals surface area (Å²) in [5.41, 5.74) is 6.57. The molecule has 0 aliphatic carbocycles. The summed E-state index contributed by atoms with van der Waals surface area (Å²) in [6.07, 6.45) is 1.76. The molecular formula is C17H25ClN2O2. The van der Waals surface area contributed by atoms with Gasteiger partial charge in [0.2, 0.25) is 5.91 Å². The Labute approximate surface area is 137 Å². The number of nitrogens with two attached hydrogens (primary N) is 1. The van der Waals surface area contributed by atoms with Crippen LogP contribution in [0.3, 0.4) is 0 Å². The number of hydrogen-bond acceptors (Lipinski definition) is 3. The summed E-state index contributed by atoms with van der Waals surface area (Å²) >= 11 is 6.02. The van der Waals surface area contributed by atoms with Crippen LogP contribution in [0.25, 0.3) is 0 Å². The van der Waals surface area contributed by atoms with E-state index in [0.717, 1.165) is 18.4 Å². The van der Waals surface area contributed by atoms with Crippen molar-refractivity contribution in [1.82, 2.24) is 4.90 Å². The van der Waals surface area contributed by atoms with Crippen LogP contribution in [-0.2, 0) is 16.1 Å². The maximum atomic E-state index is 12.7. The highest BCUT2D eigenvalue weighted by atomic mass is 35.5. The summed E-state index contributed by atoms with van der Waals surface area (Å²) in [6, 6.07) is 7.59. The van der Waals surface area contributed by atoms with Gasteiger partial charge < -0.3 is 15.4 Å². The lowest BCUT2D eigenvalue weighted by atomic mass is 9.90. The van der Waals surface area contributed by atoms with Crippen LogP contribution in [0.15, 0.2) is 24.3 Å². The number of ether oxygens (including phenoxy) is 1. The fourth-order valence-electron chi connectivity index (χ4n) is 2.74. The van der Waals surface area contributed by atoms with Gasteiger partial charge in [-0.15, -0.1) is 0 Å². The molecule has 22 heavy (non-hydrogen) atoms. The summed E-state index contributed by atoms with van der Waals surface area (Å²) < 4.78 is 5.80. The van der Waals surface area contributed by atoms with Crippen LogP contribution in [0.4, 0.5) is 0 Å². The first-order valence-corrected chi connectivity index (χ1v) is 8.16. The van der Waals surface area contributed by atoms with Gasteiger partial charge in [0.15, 0.2) is 0 Å². The van der Waals surface area contributed by atoms with E-state index < -0.39 is 0 Å². The van der Waals surface area contributed by atoms with E-state index >= 15 is 0 Å². The van der Waals surface area contributed by atoms with Gasteiger partial charge in [-0.1, -0.05) is 23.7 Å². The van der Waals surface area contributed by atoms with E-state index in [1.807, 2.05) is 29.2 Å². The highest BCUT2D eigenvalue weighted by Crippen LogP contribution is 2.28. The van der Waals surface area contributed by atoms with E-state index in [2.05, 4.69) is 13.8 Å². The topological polar surface area (TPSA) is 55.6 Å². The number of rotatable bonds is 5. The second-order valence-corrected chi connectivity index (χ2v) is 6.92. The van der Waals surface area contributed by atoms with Crippen molar-refractivity contribution in [2.75, 3.05) is 19.7 Å². The third-order valence-corrected chi connectivity index (χ3v) is 4.33. The smallest absolute Gasteiger partial charge is 0.228 e. The van der Waals surface area contributed by atoms with Crippen molar-refractivity contribution < 1.29 is 9.53 Å². The maximum absolute atomic E-state index is 12.7. The zero-order valence-corrected chi connectivity index (χ0v) is 14.1. The van der Waals surface area contributed by atoms with Crippen molar-refractivity contribution in [3.05, 3.63) is 34.9 Å². The lowest BCUT2D eigenvalue weighted by Gasteiger charge is -2.36. The normalized spacial score (nSPS) is 20.6. The Balaban J connectivity index is 2.02. The maximum Gasteiger partial charge on any atom is 0.228 e. The molecule has 1 aliphatic heterocycles. The largest absolute Gasteiger partial charge is 0.375 e. The van der Waals surface area contributed by atoms with Crippen molar-refractivity contribution in [3.8, 4) is 0 Å². The molecule has 1 heterocycles. The second kappa shape index (κ2) is 7.44. The molecule has 0 bridgehead atoms. The van der Waals surface area contributed by atoms with Crippen LogP contribution in [0, 0.1) is 5.92 Å². The molecule has 1 aromatic carbocycles. The predicted molar refractivity (Wildman–Crippen MR) is 88.7 cm³/mol. The molecular weight excluding hydrogens is 300 g/mol. The molecule has 1 amide bonds. The fraction of sp³-hybridized carbons (Fsp3) is 0.588. The lowest BCUT2D eigenvalue weighted by molar-refractivity contribution is -0.147. The summed E-state index contributed by atoms with van der Waals surface area (Å²) in [6.45, 7) is 6.16. The third-order valence-electron chi connectivity index (χ3n) is 4.09. The van der Waals surface area contributed by atoms with E-state index in [0.29, 0.717) is 31.3 Å². The Morgan fingerprint density at radius 1 is 1.50 bits per heavy atom. The van der Waals surface area contributed by atoms with Crippen LogP contribution in [0.5, 0.6) is 0 Å². The molecule has 0 saturated carbocycles. The Morgan fingerprint density at radius 2 is 2.27 bits per heavy atom. The van der Waals surface area contributed by atoms with Gasteiger partial charge in [0.1, 0.15) is 0 Å². The minimum Gasteiger partial charge on any atom is -0.375 e. The zero-order chi connectivity index (χ0) is 16.2. The lowest BCUT2D eigenvalue weighted by Crippen LogP contribution is -2.44. The molecule has 122 valence electrons. The van der Waals surface area contributed by atoms with Gasteiger partial charge in [0.25, 0.3) is 0 Å². The molecule has 5 heteroatoms. The quantitative estimate of drug-likeness (QED) is 0.906. The Kier molecular flexibility index (Phi) is 5.84. The van der Waals surface area contributed by atoms with Crippen LogP contribution < -0.4 is 5.73 Å². The molecule has 0 unspecified atom stereocenters.